The molecule has 8 nitrogen and oxygen atoms in total. The lowest BCUT2D eigenvalue weighted by Crippen LogP contribution is -2.22. The van der Waals surface area contributed by atoms with E-state index in [0.29, 0.717) is 41.0 Å². The first-order valence-electron chi connectivity index (χ1n) is 12.3. The van der Waals surface area contributed by atoms with Gasteiger partial charge in [-0.05, 0) is 60.4 Å². The van der Waals surface area contributed by atoms with E-state index in [-0.39, 0.29) is 5.82 Å². The number of pyridine rings is 3. The molecule has 2 saturated carbocycles. The van der Waals surface area contributed by atoms with Crippen molar-refractivity contribution >= 4 is 28.4 Å². The van der Waals surface area contributed by atoms with Gasteiger partial charge < -0.3 is 16.0 Å². The van der Waals surface area contributed by atoms with Gasteiger partial charge in [-0.25, -0.2) is 19.3 Å². The molecule has 10 heteroatoms. The maximum atomic E-state index is 14.1. The molecule has 0 radical (unpaired) electrons. The van der Waals surface area contributed by atoms with E-state index >= 15 is 0 Å². The highest BCUT2D eigenvalue weighted by molar-refractivity contribution is 5.93. The number of fused-ring (bicyclic) bond motifs is 2. The maximum Gasteiger partial charge on any atom is 0.214 e. The monoisotopic (exact) mass is 486 g/mol. The van der Waals surface area contributed by atoms with E-state index in [9.17, 15) is 8.78 Å². The molecular formula is C26H24F2N8. The highest BCUT2D eigenvalue weighted by atomic mass is 19.1. The molecule has 36 heavy (non-hydrogen) atoms. The molecule has 4 aromatic rings. The summed E-state index contributed by atoms with van der Waals surface area (Å²) in [5.74, 6) is 1.71. The van der Waals surface area contributed by atoms with Crippen LogP contribution in [0.5, 0.6) is 0 Å². The van der Waals surface area contributed by atoms with Gasteiger partial charge in [0.15, 0.2) is 17.5 Å². The zero-order valence-corrected chi connectivity index (χ0v) is 19.4. The molecule has 4 aromatic heterocycles. The molecule has 0 aromatic carbocycles. The summed E-state index contributed by atoms with van der Waals surface area (Å²) in [5, 5.41) is 11.0. The highest BCUT2D eigenvalue weighted by Crippen LogP contribution is 2.46. The minimum Gasteiger partial charge on any atom is -0.366 e. The summed E-state index contributed by atoms with van der Waals surface area (Å²) in [4.78, 5) is 22.2. The van der Waals surface area contributed by atoms with E-state index in [4.69, 9.17) is 9.97 Å². The fraction of sp³-hybridized carbons (Fsp3) is 0.346. The van der Waals surface area contributed by atoms with Crippen LogP contribution in [0.3, 0.4) is 0 Å². The molecule has 0 spiro atoms. The Morgan fingerprint density at radius 2 is 1.81 bits per heavy atom. The molecule has 182 valence electrons. The average Bonchev–Trinajstić information content (AvgIpc) is 3.25. The van der Waals surface area contributed by atoms with Crippen molar-refractivity contribution in [3.8, 4) is 11.4 Å². The van der Waals surface area contributed by atoms with Crippen LogP contribution >= 0.6 is 0 Å². The largest absolute Gasteiger partial charge is 0.366 e. The van der Waals surface area contributed by atoms with Crippen molar-refractivity contribution in [2.75, 3.05) is 23.7 Å². The Hall–Kier alpha value is -3.79. The van der Waals surface area contributed by atoms with Gasteiger partial charge in [0.1, 0.15) is 11.6 Å². The van der Waals surface area contributed by atoms with Crippen LogP contribution in [-0.2, 0) is 0 Å². The van der Waals surface area contributed by atoms with Gasteiger partial charge in [0.25, 0.3) is 0 Å². The molecular weight excluding hydrogens is 462 g/mol. The predicted octanol–water partition coefficient (Wildman–Crippen LogP) is 4.40. The van der Waals surface area contributed by atoms with Gasteiger partial charge in [0.05, 0.1) is 11.7 Å². The summed E-state index contributed by atoms with van der Waals surface area (Å²) >= 11 is 0. The summed E-state index contributed by atoms with van der Waals surface area (Å²) in [6, 6.07) is 5.89. The van der Waals surface area contributed by atoms with E-state index in [2.05, 4.69) is 30.9 Å². The van der Waals surface area contributed by atoms with E-state index in [0.717, 1.165) is 54.8 Å². The quantitative estimate of drug-likeness (QED) is 0.345. The first-order chi connectivity index (χ1) is 17.6. The van der Waals surface area contributed by atoms with Gasteiger partial charge in [-0.3, -0.25) is 4.98 Å². The van der Waals surface area contributed by atoms with Crippen molar-refractivity contribution in [3.63, 3.8) is 0 Å². The van der Waals surface area contributed by atoms with E-state index in [1.807, 2.05) is 6.20 Å². The Morgan fingerprint density at radius 3 is 2.61 bits per heavy atom. The molecule has 3 aliphatic rings. The molecule has 1 saturated heterocycles. The molecule has 3 fully saturated rings. The minimum absolute atomic E-state index is 0.232. The normalized spacial score (nSPS) is 22.8. The second kappa shape index (κ2) is 8.41. The van der Waals surface area contributed by atoms with Crippen LogP contribution in [0.4, 0.5) is 26.2 Å². The van der Waals surface area contributed by atoms with Crippen molar-refractivity contribution < 1.29 is 8.78 Å². The van der Waals surface area contributed by atoms with Crippen LogP contribution in [0.1, 0.15) is 30.7 Å². The Labute approximate surface area is 206 Å². The first-order valence-corrected chi connectivity index (χ1v) is 12.3. The average molecular weight is 487 g/mol. The standard InChI is InChI=1S/C26H24F2N8/c27-18-4-5-20(28)33-25(18)34-21-8-14(6-7-31-21)24-32-19-12-30-9-15(13-2-1-3-13)22(19)26(36-24)35-23-16-10-29-11-17(16)23/h4-9,12-13,16-17,23,29H,1-3,10-11H2,(H,31,33,34)(H,32,35,36)/t16-,17+,23?. The predicted molar refractivity (Wildman–Crippen MR) is 132 cm³/mol. The number of hydrogen-bond donors (Lipinski definition) is 3. The number of nitrogens with one attached hydrogen (secondary N) is 3. The highest BCUT2D eigenvalue weighted by Gasteiger charge is 2.53. The van der Waals surface area contributed by atoms with Crippen molar-refractivity contribution in [1.82, 2.24) is 30.2 Å². The zero-order valence-electron chi connectivity index (χ0n) is 19.4. The van der Waals surface area contributed by atoms with Crippen molar-refractivity contribution in [2.24, 2.45) is 11.8 Å². The third kappa shape index (κ3) is 3.72. The number of piperidine rings is 1. The minimum atomic E-state index is -0.779. The Bertz CT molecular complexity index is 1460. The molecule has 5 heterocycles. The summed E-state index contributed by atoms with van der Waals surface area (Å²) < 4.78 is 27.6. The maximum absolute atomic E-state index is 14.1. The topological polar surface area (TPSA) is 101 Å². The van der Waals surface area contributed by atoms with Crippen LogP contribution < -0.4 is 16.0 Å². The lowest BCUT2D eigenvalue weighted by Gasteiger charge is -2.27. The van der Waals surface area contributed by atoms with Crippen LogP contribution in [0.25, 0.3) is 22.3 Å². The number of anilines is 3. The fourth-order valence-electron chi connectivity index (χ4n) is 5.43. The van der Waals surface area contributed by atoms with E-state index < -0.39 is 11.8 Å². The summed E-state index contributed by atoms with van der Waals surface area (Å²) in [6.07, 6.45) is 8.87. The van der Waals surface area contributed by atoms with Crippen LogP contribution in [0, 0.1) is 23.6 Å². The Kier molecular flexibility index (Phi) is 5.02. The molecule has 3 N–H and O–H groups in total. The second-order valence-electron chi connectivity index (χ2n) is 9.82. The van der Waals surface area contributed by atoms with E-state index in [1.54, 1.807) is 24.5 Å². The van der Waals surface area contributed by atoms with Gasteiger partial charge in [-0.2, -0.15) is 9.37 Å². The van der Waals surface area contributed by atoms with E-state index in [1.165, 1.54) is 12.0 Å². The first kappa shape index (κ1) is 21.5. The van der Waals surface area contributed by atoms with Crippen LogP contribution in [0.15, 0.2) is 42.9 Å². The van der Waals surface area contributed by atoms with Gasteiger partial charge in [-0.15, -0.1) is 0 Å². The number of hydrogen-bond acceptors (Lipinski definition) is 8. The lowest BCUT2D eigenvalue weighted by molar-refractivity contribution is 0.421. The molecule has 3 atom stereocenters. The van der Waals surface area contributed by atoms with Gasteiger partial charge >= 0.3 is 0 Å². The number of nitrogens with zero attached hydrogens (tertiary/aromatic N) is 5. The SMILES string of the molecule is Fc1ccc(F)c(Nc2cc(-c3nc(NC4[C@H]5CNC[C@@H]45)c4c(C5CCC5)cncc4n3)ccn2)n1. The van der Waals surface area contributed by atoms with Crippen molar-refractivity contribution in [2.45, 2.75) is 31.2 Å². The zero-order chi connectivity index (χ0) is 24.2. The van der Waals surface area contributed by atoms with Gasteiger partial charge in [0, 0.05) is 42.5 Å². The second-order valence-corrected chi connectivity index (χ2v) is 9.82. The smallest absolute Gasteiger partial charge is 0.214 e. The van der Waals surface area contributed by atoms with Crippen molar-refractivity contribution in [1.29, 1.82) is 0 Å². The summed E-state index contributed by atoms with van der Waals surface area (Å²) in [7, 11) is 0. The van der Waals surface area contributed by atoms with Gasteiger partial charge in [-0.1, -0.05) is 6.42 Å². The summed E-state index contributed by atoms with van der Waals surface area (Å²) in [5.41, 5.74) is 2.70. The lowest BCUT2D eigenvalue weighted by atomic mass is 9.79. The molecule has 2 aliphatic carbocycles. The molecule has 7 rings (SSSR count). The third-order valence-corrected chi connectivity index (χ3v) is 7.65. The molecule has 0 bridgehead atoms. The van der Waals surface area contributed by atoms with Crippen LogP contribution in [-0.4, -0.2) is 44.1 Å². The number of rotatable bonds is 6. The van der Waals surface area contributed by atoms with Gasteiger partial charge in [0.2, 0.25) is 5.95 Å². The Balaban J connectivity index is 1.28. The number of aromatic nitrogens is 5. The number of halogens is 2. The van der Waals surface area contributed by atoms with Crippen molar-refractivity contribution in [3.05, 3.63) is 60.2 Å². The fourth-order valence-corrected chi connectivity index (χ4v) is 5.43. The molecule has 1 aliphatic heterocycles. The Morgan fingerprint density at radius 1 is 0.944 bits per heavy atom. The summed E-state index contributed by atoms with van der Waals surface area (Å²) in [6.45, 7) is 2.05. The van der Waals surface area contributed by atoms with Crippen LogP contribution in [0.2, 0.25) is 0 Å². The molecule has 0 amide bonds. The third-order valence-electron chi connectivity index (χ3n) is 7.65. The molecule has 1 unspecified atom stereocenters.